The average molecular weight is 479 g/mol. The maximum Gasteiger partial charge on any atom is 0.311 e. The van der Waals surface area contributed by atoms with Gasteiger partial charge in [-0.2, -0.15) is 0 Å². The number of rotatable bonds is 3. The molecule has 0 aromatic heterocycles. The number of hydrogen-bond donors (Lipinski definition) is 1. The molecule has 5 nitrogen and oxygen atoms in total. The summed E-state index contributed by atoms with van der Waals surface area (Å²) in [6.45, 7) is 8.52. The minimum absolute atomic E-state index is 0.127. The van der Waals surface area contributed by atoms with Crippen LogP contribution in [0.3, 0.4) is 0 Å². The van der Waals surface area contributed by atoms with E-state index in [2.05, 4.69) is 29.7 Å². The van der Waals surface area contributed by atoms with Gasteiger partial charge in [0, 0.05) is 56.2 Å². The Morgan fingerprint density at radius 3 is 2.66 bits per heavy atom. The number of allylic oxidation sites excluding steroid dienone is 1. The minimum Gasteiger partial charge on any atom is -0.461 e. The summed E-state index contributed by atoms with van der Waals surface area (Å²) in [5.41, 5.74) is 2.10. The third-order valence-corrected chi connectivity index (χ3v) is 9.40. The molecule has 0 amide bonds. The molecule has 0 radical (unpaired) electrons. The van der Waals surface area contributed by atoms with Gasteiger partial charge < -0.3 is 14.7 Å². The van der Waals surface area contributed by atoms with Crippen LogP contribution >= 0.6 is 23.2 Å². The number of aliphatic hydroxyl groups excluding tert-OH is 1. The molecule has 2 heterocycles. The highest BCUT2D eigenvalue weighted by molar-refractivity contribution is 6.42. The summed E-state index contributed by atoms with van der Waals surface area (Å²) in [5, 5.41) is 12.7. The van der Waals surface area contributed by atoms with Crippen molar-refractivity contribution < 1.29 is 14.6 Å². The fourth-order valence-electron chi connectivity index (χ4n) is 6.42. The smallest absolute Gasteiger partial charge is 0.311 e. The predicted molar refractivity (Wildman–Crippen MR) is 127 cm³/mol. The van der Waals surface area contributed by atoms with Crippen molar-refractivity contribution in [1.29, 1.82) is 0 Å². The van der Waals surface area contributed by atoms with Gasteiger partial charge in [-0.15, -0.1) is 0 Å². The molecule has 1 N–H and O–H groups in total. The van der Waals surface area contributed by atoms with Gasteiger partial charge in [0.05, 0.1) is 22.1 Å². The lowest BCUT2D eigenvalue weighted by molar-refractivity contribution is -0.145. The fourth-order valence-corrected chi connectivity index (χ4v) is 6.71. The van der Waals surface area contributed by atoms with Gasteiger partial charge in [-0.25, -0.2) is 0 Å². The first-order chi connectivity index (χ1) is 15.3. The van der Waals surface area contributed by atoms with Gasteiger partial charge in [0.25, 0.3) is 0 Å². The standard InChI is InChI=1S/C25H32Cl2N2O3/c1-15-4-3-5-16-12-21-22(23(30)25(15,16)2)18(24(31)32-21)14-28-8-10-29(11-9-28)17-6-7-19(26)20(27)13-17/h5-7,13,15,18,21-23,30H,3-4,8-12,14H2,1-2H3/t15-,18-,21-,22+,23-,25-/m1/s1. The number of ether oxygens (including phenoxy) is 1. The molecule has 0 bridgehead atoms. The van der Waals surface area contributed by atoms with E-state index in [0.29, 0.717) is 22.5 Å². The Labute approximate surface area is 200 Å². The maximum absolute atomic E-state index is 12.9. The number of carbonyl (C=O) groups excluding carboxylic acids is 1. The van der Waals surface area contributed by atoms with Crippen LogP contribution in [-0.4, -0.2) is 60.9 Å². The van der Waals surface area contributed by atoms with Gasteiger partial charge in [0.2, 0.25) is 0 Å². The van der Waals surface area contributed by atoms with E-state index in [1.807, 2.05) is 18.2 Å². The van der Waals surface area contributed by atoms with E-state index in [1.54, 1.807) is 0 Å². The number of piperazine rings is 1. The third-order valence-electron chi connectivity index (χ3n) is 8.67. The van der Waals surface area contributed by atoms with Gasteiger partial charge in [0.15, 0.2) is 0 Å². The van der Waals surface area contributed by atoms with Crippen molar-refractivity contribution in [2.24, 2.45) is 23.2 Å². The van der Waals surface area contributed by atoms with Gasteiger partial charge in [-0.05, 0) is 37.0 Å². The lowest BCUT2D eigenvalue weighted by Gasteiger charge is -2.52. The van der Waals surface area contributed by atoms with Crippen molar-refractivity contribution >= 4 is 34.9 Å². The number of aliphatic hydroxyl groups is 1. The van der Waals surface area contributed by atoms with Crippen LogP contribution in [0.2, 0.25) is 10.0 Å². The Kier molecular flexibility index (Phi) is 5.98. The molecule has 6 atom stereocenters. The molecule has 5 rings (SSSR count). The average Bonchev–Trinajstić information content (AvgIpc) is 3.08. The Bertz CT molecular complexity index is 930. The number of esters is 1. The third kappa shape index (κ3) is 3.66. The molecule has 7 heteroatoms. The first-order valence-electron chi connectivity index (χ1n) is 11.8. The molecule has 2 saturated heterocycles. The largest absolute Gasteiger partial charge is 0.461 e. The van der Waals surface area contributed by atoms with E-state index in [1.165, 1.54) is 5.57 Å². The number of hydrogen-bond acceptors (Lipinski definition) is 5. The Morgan fingerprint density at radius 1 is 1.19 bits per heavy atom. The molecule has 3 fully saturated rings. The second-order valence-electron chi connectivity index (χ2n) is 10.2. The zero-order valence-corrected chi connectivity index (χ0v) is 20.3. The summed E-state index contributed by atoms with van der Waals surface area (Å²) in [4.78, 5) is 17.5. The van der Waals surface area contributed by atoms with Crippen LogP contribution in [0, 0.1) is 23.2 Å². The Morgan fingerprint density at radius 2 is 1.94 bits per heavy atom. The summed E-state index contributed by atoms with van der Waals surface area (Å²) in [7, 11) is 0. The minimum atomic E-state index is -0.545. The number of halogens is 2. The van der Waals surface area contributed by atoms with E-state index in [-0.39, 0.29) is 29.3 Å². The van der Waals surface area contributed by atoms with Gasteiger partial charge in [-0.3, -0.25) is 9.69 Å². The summed E-state index contributed by atoms with van der Waals surface area (Å²) in [5.74, 6) is -0.122. The highest BCUT2D eigenvalue weighted by Gasteiger charge is 2.59. The summed E-state index contributed by atoms with van der Waals surface area (Å²) < 4.78 is 5.83. The first kappa shape index (κ1) is 22.5. The molecule has 4 aliphatic rings. The Balaban J connectivity index is 1.27. The number of benzene rings is 1. The topological polar surface area (TPSA) is 53.0 Å². The van der Waals surface area contributed by atoms with E-state index in [0.717, 1.165) is 51.1 Å². The molecule has 0 unspecified atom stereocenters. The van der Waals surface area contributed by atoms with Crippen molar-refractivity contribution in [2.75, 3.05) is 37.6 Å². The zero-order chi connectivity index (χ0) is 22.6. The molecular weight excluding hydrogens is 447 g/mol. The summed E-state index contributed by atoms with van der Waals surface area (Å²) in [6.07, 6.45) is 4.46. The highest BCUT2D eigenvalue weighted by Crippen LogP contribution is 2.56. The van der Waals surface area contributed by atoms with Crippen molar-refractivity contribution in [3.63, 3.8) is 0 Å². The number of nitrogens with zero attached hydrogens (tertiary/aromatic N) is 2. The molecule has 174 valence electrons. The van der Waals surface area contributed by atoms with E-state index < -0.39 is 6.10 Å². The van der Waals surface area contributed by atoms with Crippen molar-refractivity contribution in [1.82, 2.24) is 4.90 Å². The highest BCUT2D eigenvalue weighted by atomic mass is 35.5. The molecule has 1 aromatic carbocycles. The molecule has 32 heavy (non-hydrogen) atoms. The maximum atomic E-state index is 12.9. The van der Waals surface area contributed by atoms with Gasteiger partial charge in [0.1, 0.15) is 6.10 Å². The van der Waals surface area contributed by atoms with Crippen LogP contribution < -0.4 is 4.90 Å². The second-order valence-corrected chi connectivity index (χ2v) is 11.0. The van der Waals surface area contributed by atoms with Crippen LogP contribution in [0.5, 0.6) is 0 Å². The van der Waals surface area contributed by atoms with E-state index in [9.17, 15) is 9.90 Å². The molecule has 0 spiro atoms. The molecule has 2 aliphatic carbocycles. The van der Waals surface area contributed by atoms with Gasteiger partial charge >= 0.3 is 5.97 Å². The molecule has 1 aromatic rings. The number of anilines is 1. The summed E-state index contributed by atoms with van der Waals surface area (Å²) >= 11 is 12.2. The van der Waals surface area contributed by atoms with Crippen molar-refractivity contribution in [3.8, 4) is 0 Å². The van der Waals surface area contributed by atoms with Crippen LogP contribution in [0.4, 0.5) is 5.69 Å². The normalized spacial score (nSPS) is 37.5. The van der Waals surface area contributed by atoms with E-state index in [4.69, 9.17) is 27.9 Å². The lowest BCUT2D eigenvalue weighted by atomic mass is 9.55. The second kappa shape index (κ2) is 8.50. The summed E-state index contributed by atoms with van der Waals surface area (Å²) in [6, 6.07) is 5.74. The number of fused-ring (bicyclic) bond motifs is 2. The monoisotopic (exact) mass is 478 g/mol. The van der Waals surface area contributed by atoms with Crippen molar-refractivity contribution in [2.45, 2.75) is 45.3 Å². The van der Waals surface area contributed by atoms with Crippen LogP contribution in [0.1, 0.15) is 33.1 Å². The zero-order valence-electron chi connectivity index (χ0n) is 18.8. The molecule has 1 saturated carbocycles. The predicted octanol–water partition coefficient (Wildman–Crippen LogP) is 4.40. The molecular formula is C25H32Cl2N2O3. The lowest BCUT2D eigenvalue weighted by Crippen LogP contribution is -2.55. The first-order valence-corrected chi connectivity index (χ1v) is 12.5. The van der Waals surface area contributed by atoms with Crippen LogP contribution in [0.25, 0.3) is 0 Å². The Hall–Kier alpha value is -1.27. The van der Waals surface area contributed by atoms with Crippen LogP contribution in [-0.2, 0) is 9.53 Å². The number of carbonyl (C=O) groups is 1. The SMILES string of the molecule is C[C@@H]1CCC=C2C[C@H]3OC(=O)[C@H](CN4CCN(c5ccc(Cl)c(Cl)c5)CC4)[C@@H]3[C@@H](O)[C@@]21C. The van der Waals surface area contributed by atoms with Crippen LogP contribution in [0.15, 0.2) is 29.8 Å². The van der Waals surface area contributed by atoms with Crippen molar-refractivity contribution in [3.05, 3.63) is 39.9 Å². The van der Waals surface area contributed by atoms with Gasteiger partial charge in [-0.1, -0.05) is 48.7 Å². The molecule has 2 aliphatic heterocycles. The fraction of sp³-hybridized carbons (Fsp3) is 0.640. The quantitative estimate of drug-likeness (QED) is 0.515. The van der Waals surface area contributed by atoms with E-state index >= 15 is 0 Å².